The number of rotatable bonds is 19. The van der Waals surface area contributed by atoms with Gasteiger partial charge in [-0.2, -0.15) is 5.26 Å². The van der Waals surface area contributed by atoms with E-state index < -0.39 is 51.1 Å². The predicted octanol–water partition coefficient (Wildman–Crippen LogP) is 5.44. The van der Waals surface area contributed by atoms with Crippen molar-refractivity contribution in [1.82, 2.24) is 25.5 Å². The molecule has 57 heavy (non-hydrogen) atoms. The predicted molar refractivity (Wildman–Crippen MR) is 218 cm³/mol. The fourth-order valence-electron chi connectivity index (χ4n) is 7.70. The lowest BCUT2D eigenvalue weighted by Crippen LogP contribution is -2.70. The quantitative estimate of drug-likeness (QED) is 0.0805. The minimum Gasteiger partial charge on any atom is -0.497 e. The molecule has 15 heteroatoms. The van der Waals surface area contributed by atoms with Crippen LogP contribution in [0, 0.1) is 11.3 Å². The van der Waals surface area contributed by atoms with Gasteiger partial charge in [-0.15, -0.1) is 0 Å². The smallest absolute Gasteiger partial charge is 0.259 e. The molecule has 2 fully saturated rings. The van der Waals surface area contributed by atoms with Crippen LogP contribution in [0.3, 0.4) is 0 Å². The average Bonchev–Trinajstić information content (AvgIpc) is 3.83. The lowest BCUT2D eigenvalue weighted by Gasteiger charge is -2.39. The molecule has 3 aliphatic heterocycles. The van der Waals surface area contributed by atoms with E-state index in [9.17, 15) is 10.1 Å². The van der Waals surface area contributed by atoms with Gasteiger partial charge in [0.05, 0.1) is 52.4 Å². The highest BCUT2D eigenvalue weighted by Crippen LogP contribution is 2.50. The minimum absolute atomic E-state index is 0.0984. The van der Waals surface area contributed by atoms with E-state index >= 15 is 0 Å². The number of fused-ring (bicyclic) bond motifs is 1. The molecule has 3 aromatic carbocycles. The fraction of sp³-hybridized carbons (Fsp3) is 0.500. The van der Waals surface area contributed by atoms with Crippen molar-refractivity contribution in [3.8, 4) is 17.6 Å². The van der Waals surface area contributed by atoms with Gasteiger partial charge in [0.25, 0.3) is 14.4 Å². The van der Waals surface area contributed by atoms with Gasteiger partial charge in [-0.1, -0.05) is 61.5 Å². The third-order valence-electron chi connectivity index (χ3n) is 10.3. The number of carbonyl (C=O) groups excluding carboxylic acids is 1. The van der Waals surface area contributed by atoms with Crippen molar-refractivity contribution >= 4 is 20.8 Å². The van der Waals surface area contributed by atoms with Crippen molar-refractivity contribution in [2.75, 3.05) is 34.0 Å². The summed E-state index contributed by atoms with van der Waals surface area (Å²) in [5.41, 5.74) is 1.60. The standard InChI is InChI=1S/C42H56N7O7P/c1-8-44-41-46-39-38(40(50)47-41)45-27-48(39)37-25-35(56-57(54-24-12-23-43)49(28(2)3)29(4)5)36(55-37)26-53-42(30-13-10-9-11-14-30,31-15-19-33(51-6)20-16-31)32-17-21-34(52-7)22-18-32/h9-11,13-22,27-29,35-39,41,44,46H,8,12,24-26H2,1-7H3,(H,47,50). The lowest BCUT2D eigenvalue weighted by molar-refractivity contribution is -0.131. The Kier molecular flexibility index (Phi) is 14.5. The van der Waals surface area contributed by atoms with Gasteiger partial charge in [-0.3, -0.25) is 20.4 Å². The van der Waals surface area contributed by atoms with Gasteiger partial charge in [0.15, 0.2) is 6.04 Å². The Bertz CT molecular complexity index is 1760. The second kappa shape index (κ2) is 19.5. The van der Waals surface area contributed by atoms with E-state index in [1.807, 2.05) is 78.6 Å². The third-order valence-corrected chi connectivity index (χ3v) is 12.5. The summed E-state index contributed by atoms with van der Waals surface area (Å²) in [6, 6.07) is 27.7. The molecule has 3 N–H and O–H groups in total. The number of aliphatic imine (C=N–C) groups is 1. The summed E-state index contributed by atoms with van der Waals surface area (Å²) in [5, 5.41) is 19.1. The number of nitriles is 1. The van der Waals surface area contributed by atoms with Gasteiger partial charge in [0, 0.05) is 18.5 Å². The van der Waals surface area contributed by atoms with E-state index in [4.69, 9.17) is 28.0 Å². The number of carbonyl (C=O) groups is 1. The Hall–Kier alpha value is -4.16. The van der Waals surface area contributed by atoms with Crippen LogP contribution in [0.1, 0.15) is 64.2 Å². The Morgan fingerprint density at radius 2 is 1.60 bits per heavy atom. The maximum atomic E-state index is 13.1. The zero-order valence-corrected chi connectivity index (χ0v) is 34.7. The van der Waals surface area contributed by atoms with Gasteiger partial charge in [0.2, 0.25) is 0 Å². The molecule has 3 aliphatic rings. The van der Waals surface area contributed by atoms with Crippen molar-refractivity contribution in [2.45, 2.75) is 102 Å². The first-order valence-corrected chi connectivity index (χ1v) is 20.8. The second-order valence-corrected chi connectivity index (χ2v) is 16.0. The van der Waals surface area contributed by atoms with Crippen LogP contribution in [-0.4, -0.2) is 105 Å². The highest BCUT2D eigenvalue weighted by molar-refractivity contribution is 7.44. The summed E-state index contributed by atoms with van der Waals surface area (Å²) >= 11 is 0. The summed E-state index contributed by atoms with van der Waals surface area (Å²) in [4.78, 5) is 19.7. The first-order valence-electron chi connectivity index (χ1n) is 19.6. The zero-order valence-electron chi connectivity index (χ0n) is 33.8. The molecular weight excluding hydrogens is 745 g/mol. The van der Waals surface area contributed by atoms with Crippen LogP contribution in [0.5, 0.6) is 11.5 Å². The number of nitrogens with zero attached hydrogens (tertiary/aromatic N) is 4. The van der Waals surface area contributed by atoms with Crippen LogP contribution in [0.2, 0.25) is 0 Å². The van der Waals surface area contributed by atoms with Crippen molar-refractivity contribution in [1.29, 1.82) is 5.26 Å². The molecule has 1 amide bonds. The molecule has 0 aromatic heterocycles. The van der Waals surface area contributed by atoms with Crippen LogP contribution in [-0.2, 0) is 28.9 Å². The monoisotopic (exact) mass is 801 g/mol. The highest BCUT2D eigenvalue weighted by atomic mass is 31.2. The largest absolute Gasteiger partial charge is 0.497 e. The molecule has 0 bridgehead atoms. The lowest BCUT2D eigenvalue weighted by atomic mass is 9.80. The Morgan fingerprint density at radius 3 is 2.16 bits per heavy atom. The van der Waals surface area contributed by atoms with Crippen molar-refractivity contribution in [3.05, 3.63) is 95.6 Å². The summed E-state index contributed by atoms with van der Waals surface area (Å²) < 4.78 is 41.1. The topological polar surface area (TPSA) is 151 Å². The van der Waals surface area contributed by atoms with Gasteiger partial charge in [-0.05, 0) is 75.2 Å². The number of hydrogen-bond acceptors (Lipinski definition) is 13. The van der Waals surface area contributed by atoms with Crippen molar-refractivity contribution in [2.24, 2.45) is 4.99 Å². The Labute approximate surface area is 337 Å². The maximum absolute atomic E-state index is 13.1. The maximum Gasteiger partial charge on any atom is 0.259 e. The minimum atomic E-state index is -1.62. The molecule has 0 radical (unpaired) electrons. The summed E-state index contributed by atoms with van der Waals surface area (Å²) in [6.07, 6.45) is -0.0949. The van der Waals surface area contributed by atoms with Crippen LogP contribution in [0.15, 0.2) is 83.9 Å². The third kappa shape index (κ3) is 9.43. The van der Waals surface area contributed by atoms with Gasteiger partial charge in [-0.25, -0.2) is 4.67 Å². The zero-order chi connectivity index (χ0) is 40.5. The molecule has 7 atom stereocenters. The van der Waals surface area contributed by atoms with E-state index in [0.29, 0.717) is 13.0 Å². The summed E-state index contributed by atoms with van der Waals surface area (Å²) in [7, 11) is 1.67. The molecule has 3 heterocycles. The van der Waals surface area contributed by atoms with Crippen LogP contribution in [0.4, 0.5) is 0 Å². The van der Waals surface area contributed by atoms with E-state index in [1.165, 1.54) is 0 Å². The number of nitrogens with one attached hydrogen (secondary N) is 3. The number of benzene rings is 3. The van der Waals surface area contributed by atoms with Gasteiger partial charge in [0.1, 0.15) is 41.9 Å². The molecule has 306 valence electrons. The van der Waals surface area contributed by atoms with Crippen LogP contribution in [0.25, 0.3) is 0 Å². The summed E-state index contributed by atoms with van der Waals surface area (Å²) in [5.74, 6) is 1.28. The SMILES string of the molecule is CCNC1NC(=O)C2N=CN(C3CC(OP(OCCC#N)N(C(C)C)C(C)C)C(COC(c4ccccc4)(c4ccc(OC)cc4)c4ccc(OC)cc4)O3)C2N1. The van der Waals surface area contributed by atoms with Crippen LogP contribution >= 0.6 is 8.53 Å². The number of hydrogen-bond donors (Lipinski definition) is 3. The van der Waals surface area contributed by atoms with Gasteiger partial charge < -0.3 is 38.2 Å². The Morgan fingerprint density at radius 1 is 0.982 bits per heavy atom. The van der Waals surface area contributed by atoms with Gasteiger partial charge >= 0.3 is 0 Å². The number of amides is 1. The first kappa shape index (κ1) is 42.4. The average molecular weight is 802 g/mol. The van der Waals surface area contributed by atoms with E-state index in [0.717, 1.165) is 28.2 Å². The van der Waals surface area contributed by atoms with E-state index in [2.05, 4.69) is 71.5 Å². The van der Waals surface area contributed by atoms with Crippen molar-refractivity contribution in [3.63, 3.8) is 0 Å². The second-order valence-electron chi connectivity index (χ2n) is 14.6. The highest BCUT2D eigenvalue weighted by Gasteiger charge is 2.50. The molecule has 6 rings (SSSR count). The van der Waals surface area contributed by atoms with E-state index in [1.54, 1.807) is 20.6 Å². The van der Waals surface area contributed by atoms with Crippen LogP contribution < -0.4 is 25.4 Å². The molecule has 7 unspecified atom stereocenters. The Balaban J connectivity index is 1.39. The normalized spacial score (nSPS) is 23.8. The van der Waals surface area contributed by atoms with Crippen molar-refractivity contribution < 1.29 is 32.8 Å². The molecule has 0 saturated carbocycles. The first-order chi connectivity index (χ1) is 27.6. The molecule has 2 saturated heterocycles. The molecule has 0 aliphatic carbocycles. The molecule has 14 nitrogen and oxygen atoms in total. The fourth-order valence-corrected chi connectivity index (χ4v) is 9.46. The molecule has 3 aromatic rings. The molecule has 0 spiro atoms. The summed E-state index contributed by atoms with van der Waals surface area (Å²) in [6.45, 7) is 11.4. The number of methoxy groups -OCH3 is 2. The molecular formula is C42H56N7O7P. The number of ether oxygens (including phenoxy) is 4. The van der Waals surface area contributed by atoms with E-state index in [-0.39, 0.29) is 37.6 Å².